The van der Waals surface area contributed by atoms with Gasteiger partial charge in [0, 0.05) is 25.5 Å². The molecule has 0 radical (unpaired) electrons. The number of β-lactam (4-membered cyclic amide) rings is 1. The number of methoxy groups -OCH3 is 1. The first-order valence-corrected chi connectivity index (χ1v) is 12.6. The Morgan fingerprint density at radius 2 is 2.11 bits per heavy atom. The molecule has 37 heavy (non-hydrogen) atoms. The van der Waals surface area contributed by atoms with E-state index in [1.165, 1.54) is 30.5 Å². The molecule has 2 amide bonds. The van der Waals surface area contributed by atoms with Gasteiger partial charge in [0.25, 0.3) is 23.5 Å². The summed E-state index contributed by atoms with van der Waals surface area (Å²) < 4.78 is 6.83. The van der Waals surface area contributed by atoms with Crippen molar-refractivity contribution in [2.75, 3.05) is 18.6 Å². The van der Waals surface area contributed by atoms with Crippen LogP contribution in [0.3, 0.4) is 0 Å². The number of nitrogens with one attached hydrogen (secondary N) is 1. The number of tetrazole rings is 2. The van der Waals surface area contributed by atoms with Crippen molar-refractivity contribution in [1.29, 1.82) is 0 Å². The summed E-state index contributed by atoms with van der Waals surface area (Å²) in [5, 5.41) is 35.1. The van der Waals surface area contributed by atoms with E-state index in [0.29, 0.717) is 16.5 Å². The van der Waals surface area contributed by atoms with Crippen molar-refractivity contribution in [3.63, 3.8) is 0 Å². The lowest BCUT2D eigenvalue weighted by Gasteiger charge is -2.57. The maximum absolute atomic E-state index is 13.5. The number of aromatic amines is 1. The fourth-order valence-corrected chi connectivity index (χ4v) is 6.36. The van der Waals surface area contributed by atoms with Crippen molar-refractivity contribution in [3.05, 3.63) is 41.6 Å². The molecule has 192 valence electrons. The molecule has 0 spiro atoms. The van der Waals surface area contributed by atoms with E-state index >= 15 is 0 Å². The molecule has 2 N–H and O–H groups in total. The lowest BCUT2D eigenvalue weighted by Crippen LogP contribution is -2.81. The Hall–Kier alpha value is -4.03. The maximum atomic E-state index is 13.5. The zero-order valence-corrected chi connectivity index (χ0v) is 20.8. The van der Waals surface area contributed by atoms with Gasteiger partial charge in [-0.05, 0) is 33.3 Å². The first-order chi connectivity index (χ1) is 17.9. The van der Waals surface area contributed by atoms with Gasteiger partial charge in [-0.3, -0.25) is 14.5 Å². The third-order valence-electron chi connectivity index (χ3n) is 5.47. The molecular formula is C19H18N10O6S2. The number of thioether (sulfide) groups is 2. The summed E-state index contributed by atoms with van der Waals surface area (Å²) in [6.45, 7) is 1.23. The van der Waals surface area contributed by atoms with Crippen molar-refractivity contribution < 1.29 is 29.1 Å². The number of carbonyl (C=O) groups excluding carboxylic acids is 2. The molecular weight excluding hydrogens is 528 g/mol. The standard InChI is InChI=1S/C19H18N10O6S2/c1-10(30)29(35-12-6-4-3-5-7-12)19(34-2)15(33)27-13(14(31)32)11(8-36-16(19)27)9-37-18-22-25-26-28(18)17-20-23-24-21-17/h3-7,16H,8-9H2,1-2H3,(H,31,32)(H,20,21,23,24)/t16-,19-/m0/s1. The highest BCUT2D eigenvalue weighted by Crippen LogP contribution is 2.50. The number of H-pyrrole nitrogens is 1. The number of amides is 2. The third kappa shape index (κ3) is 4.07. The summed E-state index contributed by atoms with van der Waals surface area (Å²) >= 11 is 2.39. The van der Waals surface area contributed by atoms with Crippen LogP contribution in [0.2, 0.25) is 0 Å². The molecule has 0 bridgehead atoms. The largest absolute Gasteiger partial charge is 0.477 e. The minimum Gasteiger partial charge on any atom is -0.477 e. The number of aromatic nitrogens is 8. The summed E-state index contributed by atoms with van der Waals surface area (Å²) in [5.41, 5.74) is -1.59. The number of fused-ring (bicyclic) bond motifs is 1. The van der Waals surface area contributed by atoms with Gasteiger partial charge in [-0.1, -0.05) is 35.1 Å². The van der Waals surface area contributed by atoms with Crippen LogP contribution in [-0.4, -0.2) is 103 Å². The Labute approximate surface area is 216 Å². The predicted molar refractivity (Wildman–Crippen MR) is 125 cm³/mol. The Morgan fingerprint density at radius 3 is 2.76 bits per heavy atom. The fraction of sp³-hybridized carbons (Fsp3) is 0.316. The Kier molecular flexibility index (Phi) is 6.52. The highest BCUT2D eigenvalue weighted by Gasteiger charge is 2.71. The van der Waals surface area contributed by atoms with Gasteiger partial charge in [-0.25, -0.2) is 4.79 Å². The number of carboxylic acid groups (broad SMARTS) is 1. The van der Waals surface area contributed by atoms with Crippen LogP contribution in [-0.2, 0) is 19.1 Å². The summed E-state index contributed by atoms with van der Waals surface area (Å²) in [6, 6.07) is 8.43. The SMILES string of the molecule is CO[C@@]1(N(Oc2ccccc2)C(C)=O)C(=O)N2C(C(=O)O)=C(CSc3nnnn3-c3nn[nH]n3)CS[C@H]21. The summed E-state index contributed by atoms with van der Waals surface area (Å²) in [5.74, 6) is -1.81. The van der Waals surface area contributed by atoms with Crippen molar-refractivity contribution in [3.8, 4) is 11.7 Å². The van der Waals surface area contributed by atoms with E-state index in [1.54, 1.807) is 30.3 Å². The molecule has 2 aliphatic heterocycles. The van der Waals surface area contributed by atoms with Crippen molar-refractivity contribution in [2.24, 2.45) is 0 Å². The van der Waals surface area contributed by atoms with E-state index in [0.717, 1.165) is 21.7 Å². The fourth-order valence-electron chi connectivity index (χ4n) is 3.89. The van der Waals surface area contributed by atoms with Crippen LogP contribution in [0.5, 0.6) is 5.75 Å². The molecule has 3 aromatic rings. The number of nitrogens with zero attached hydrogens (tertiary/aromatic N) is 9. The molecule has 2 aromatic heterocycles. The number of hydrogen-bond donors (Lipinski definition) is 2. The number of benzene rings is 1. The second-order valence-corrected chi connectivity index (χ2v) is 9.60. The van der Waals surface area contributed by atoms with Gasteiger partial charge >= 0.3 is 5.97 Å². The smallest absolute Gasteiger partial charge is 0.352 e. The predicted octanol–water partition coefficient (Wildman–Crippen LogP) is -0.293. The van der Waals surface area contributed by atoms with E-state index in [4.69, 9.17) is 9.57 Å². The molecule has 1 saturated heterocycles. The van der Waals surface area contributed by atoms with Gasteiger partial charge in [-0.15, -0.1) is 31.7 Å². The van der Waals surface area contributed by atoms with Gasteiger partial charge in [-0.2, -0.15) is 5.21 Å². The van der Waals surface area contributed by atoms with Crippen LogP contribution in [0, 0.1) is 0 Å². The lowest BCUT2D eigenvalue weighted by molar-refractivity contribution is -0.275. The van der Waals surface area contributed by atoms with Crippen molar-refractivity contribution in [1.82, 2.24) is 50.8 Å². The minimum absolute atomic E-state index is 0.114. The molecule has 1 fully saturated rings. The van der Waals surface area contributed by atoms with Gasteiger partial charge in [0.15, 0.2) is 5.75 Å². The highest BCUT2D eigenvalue weighted by atomic mass is 32.2. The summed E-state index contributed by atoms with van der Waals surface area (Å²) in [4.78, 5) is 45.3. The molecule has 0 saturated carbocycles. The summed E-state index contributed by atoms with van der Waals surface area (Å²) in [6.07, 6.45) is 0. The van der Waals surface area contributed by atoms with Crippen LogP contribution < -0.4 is 4.84 Å². The van der Waals surface area contributed by atoms with E-state index in [-0.39, 0.29) is 23.2 Å². The molecule has 2 atom stereocenters. The average molecular weight is 547 g/mol. The maximum Gasteiger partial charge on any atom is 0.352 e. The lowest BCUT2D eigenvalue weighted by atomic mass is 9.98. The molecule has 16 nitrogen and oxygen atoms in total. The monoisotopic (exact) mass is 546 g/mol. The number of ether oxygens (including phenoxy) is 1. The second kappa shape index (κ2) is 9.79. The molecule has 0 unspecified atom stereocenters. The van der Waals surface area contributed by atoms with Gasteiger partial charge < -0.3 is 14.7 Å². The average Bonchev–Trinajstić information content (AvgIpc) is 3.59. The zero-order chi connectivity index (χ0) is 26.2. The Bertz CT molecular complexity index is 1370. The minimum atomic E-state index is -1.85. The van der Waals surface area contributed by atoms with Crippen molar-refractivity contribution >= 4 is 41.3 Å². The molecule has 1 aromatic carbocycles. The van der Waals surface area contributed by atoms with E-state index in [2.05, 4.69) is 36.1 Å². The number of para-hydroxylation sites is 1. The molecule has 4 heterocycles. The molecule has 5 rings (SSSR count). The van der Waals surface area contributed by atoms with Crippen LogP contribution in [0.1, 0.15) is 6.92 Å². The molecule has 2 aliphatic rings. The normalized spacial score (nSPS) is 20.9. The first kappa shape index (κ1) is 24.7. The number of rotatable bonds is 9. The Morgan fingerprint density at radius 1 is 1.32 bits per heavy atom. The zero-order valence-electron chi connectivity index (χ0n) is 19.2. The number of carbonyl (C=O) groups is 3. The van der Waals surface area contributed by atoms with Crippen LogP contribution in [0.25, 0.3) is 5.95 Å². The van der Waals surface area contributed by atoms with Crippen LogP contribution in [0.15, 0.2) is 46.8 Å². The quantitative estimate of drug-likeness (QED) is 0.154. The van der Waals surface area contributed by atoms with E-state index in [1.807, 2.05) is 0 Å². The topological polar surface area (TPSA) is 194 Å². The van der Waals surface area contributed by atoms with Crippen LogP contribution in [0.4, 0.5) is 0 Å². The van der Waals surface area contributed by atoms with Gasteiger partial charge in [0.2, 0.25) is 5.16 Å². The Balaban J connectivity index is 1.42. The highest BCUT2D eigenvalue weighted by molar-refractivity contribution is 8.01. The molecule has 18 heteroatoms. The number of hydrogen-bond acceptors (Lipinski definition) is 13. The number of hydroxylamine groups is 2. The third-order valence-corrected chi connectivity index (χ3v) is 7.83. The van der Waals surface area contributed by atoms with Crippen LogP contribution >= 0.6 is 23.5 Å². The van der Waals surface area contributed by atoms with Crippen molar-refractivity contribution in [2.45, 2.75) is 23.2 Å². The molecule has 0 aliphatic carbocycles. The van der Waals surface area contributed by atoms with E-state index < -0.39 is 28.9 Å². The van der Waals surface area contributed by atoms with Gasteiger partial charge in [0.1, 0.15) is 11.1 Å². The second-order valence-electron chi connectivity index (χ2n) is 7.59. The van der Waals surface area contributed by atoms with Gasteiger partial charge in [0.05, 0.1) is 0 Å². The summed E-state index contributed by atoms with van der Waals surface area (Å²) in [7, 11) is 1.27. The number of aliphatic carboxylic acids is 1. The first-order valence-electron chi connectivity index (χ1n) is 10.5. The van der Waals surface area contributed by atoms with E-state index in [9.17, 15) is 19.5 Å². The number of carboxylic acids is 1.